The summed E-state index contributed by atoms with van der Waals surface area (Å²) in [6.45, 7) is 1.46. The molecule has 0 unspecified atom stereocenters. The lowest BCUT2D eigenvalue weighted by Crippen LogP contribution is -2.17. The fourth-order valence-corrected chi connectivity index (χ4v) is 1.29. The van der Waals surface area contributed by atoms with Crippen molar-refractivity contribution in [1.29, 1.82) is 0 Å². The van der Waals surface area contributed by atoms with Gasteiger partial charge in [-0.25, -0.2) is 4.79 Å². The highest BCUT2D eigenvalue weighted by Crippen LogP contribution is 2.23. The standard InChI is InChI=1S/C11H10F3O3/c12-11(13,14)17-10-5-1-3-9(7-10)4-2-6-16-8-15/h1,3,5,7H,2,4,6H2. The summed E-state index contributed by atoms with van der Waals surface area (Å²) in [5.41, 5.74) is 0.682. The van der Waals surface area contributed by atoms with Crippen LogP contribution in [0, 0.1) is 0 Å². The summed E-state index contributed by atoms with van der Waals surface area (Å²) in [5.74, 6) is -0.252. The molecule has 0 fully saturated rings. The summed E-state index contributed by atoms with van der Waals surface area (Å²) < 4.78 is 43.9. The van der Waals surface area contributed by atoms with Gasteiger partial charge in [-0.1, -0.05) is 12.1 Å². The molecule has 0 saturated heterocycles. The monoisotopic (exact) mass is 247 g/mol. The molecular formula is C11H10F3O3. The summed E-state index contributed by atoms with van der Waals surface area (Å²) in [6, 6.07) is 5.68. The Morgan fingerprint density at radius 2 is 2.06 bits per heavy atom. The van der Waals surface area contributed by atoms with Crippen LogP contribution in [0.1, 0.15) is 12.0 Å². The molecule has 1 radical (unpaired) electrons. The number of halogens is 3. The van der Waals surface area contributed by atoms with Gasteiger partial charge in [0.1, 0.15) is 5.75 Å². The second-order valence-electron chi connectivity index (χ2n) is 3.23. The van der Waals surface area contributed by atoms with Crippen molar-refractivity contribution < 1.29 is 27.4 Å². The van der Waals surface area contributed by atoms with Crippen LogP contribution in [0.5, 0.6) is 5.75 Å². The first-order valence-corrected chi connectivity index (χ1v) is 4.85. The average Bonchev–Trinajstić information content (AvgIpc) is 2.23. The van der Waals surface area contributed by atoms with E-state index in [2.05, 4.69) is 9.47 Å². The number of carbonyl (C=O) groups excluding carboxylic acids is 1. The highest BCUT2D eigenvalue weighted by molar-refractivity contribution is 5.38. The van der Waals surface area contributed by atoms with Gasteiger partial charge in [0.25, 0.3) is 0 Å². The van der Waals surface area contributed by atoms with E-state index in [1.165, 1.54) is 24.7 Å². The maximum absolute atomic E-state index is 11.9. The maximum atomic E-state index is 11.9. The fourth-order valence-electron chi connectivity index (χ4n) is 1.29. The van der Waals surface area contributed by atoms with Crippen molar-refractivity contribution >= 4 is 6.47 Å². The minimum Gasteiger partial charge on any atom is -0.457 e. The third-order valence-corrected chi connectivity index (χ3v) is 1.90. The van der Waals surface area contributed by atoms with Gasteiger partial charge in [0.15, 0.2) is 0 Å². The zero-order valence-electron chi connectivity index (χ0n) is 8.79. The summed E-state index contributed by atoms with van der Waals surface area (Å²) in [5, 5.41) is 0. The number of benzene rings is 1. The first-order valence-electron chi connectivity index (χ1n) is 4.85. The number of hydrogen-bond acceptors (Lipinski definition) is 3. The maximum Gasteiger partial charge on any atom is 0.573 e. The molecular weight excluding hydrogens is 237 g/mol. The van der Waals surface area contributed by atoms with E-state index in [0.717, 1.165) is 0 Å². The van der Waals surface area contributed by atoms with Crippen molar-refractivity contribution in [1.82, 2.24) is 0 Å². The second kappa shape index (κ2) is 6.12. The lowest BCUT2D eigenvalue weighted by atomic mass is 10.1. The van der Waals surface area contributed by atoms with Crippen molar-refractivity contribution in [2.24, 2.45) is 0 Å². The number of alkyl halides is 3. The zero-order chi connectivity index (χ0) is 12.7. The molecule has 0 aliphatic carbocycles. The van der Waals surface area contributed by atoms with Crippen LogP contribution >= 0.6 is 0 Å². The molecule has 0 spiro atoms. The van der Waals surface area contributed by atoms with E-state index in [0.29, 0.717) is 18.4 Å². The largest absolute Gasteiger partial charge is 0.573 e. The quantitative estimate of drug-likeness (QED) is 0.725. The van der Waals surface area contributed by atoms with E-state index in [9.17, 15) is 18.0 Å². The molecule has 0 heterocycles. The highest BCUT2D eigenvalue weighted by atomic mass is 19.4. The molecule has 6 heteroatoms. The van der Waals surface area contributed by atoms with Crippen LogP contribution in [-0.4, -0.2) is 19.4 Å². The molecule has 0 N–H and O–H groups in total. The molecule has 3 nitrogen and oxygen atoms in total. The average molecular weight is 247 g/mol. The molecule has 0 aliphatic rings. The molecule has 0 aliphatic heterocycles. The minimum absolute atomic E-state index is 0.188. The molecule has 1 aromatic carbocycles. The number of hydrogen-bond donors (Lipinski definition) is 0. The minimum atomic E-state index is -4.69. The van der Waals surface area contributed by atoms with E-state index in [1.54, 1.807) is 6.07 Å². The van der Waals surface area contributed by atoms with E-state index in [-0.39, 0.29) is 12.4 Å². The van der Waals surface area contributed by atoms with E-state index >= 15 is 0 Å². The lowest BCUT2D eigenvalue weighted by Gasteiger charge is -2.09. The van der Waals surface area contributed by atoms with Gasteiger partial charge >= 0.3 is 12.8 Å². The van der Waals surface area contributed by atoms with Crippen LogP contribution in [0.3, 0.4) is 0 Å². The highest BCUT2D eigenvalue weighted by Gasteiger charge is 2.30. The number of aryl methyl sites for hydroxylation is 1. The molecule has 0 saturated carbocycles. The number of ether oxygens (including phenoxy) is 2. The fraction of sp³-hybridized carbons (Fsp3) is 0.364. The lowest BCUT2D eigenvalue weighted by molar-refractivity contribution is -0.274. The van der Waals surface area contributed by atoms with Gasteiger partial charge in [0, 0.05) is 0 Å². The Hall–Kier alpha value is -1.72. The summed E-state index contributed by atoms with van der Waals surface area (Å²) >= 11 is 0. The summed E-state index contributed by atoms with van der Waals surface area (Å²) in [6.07, 6.45) is -3.67. The Morgan fingerprint density at radius 3 is 2.71 bits per heavy atom. The van der Waals surface area contributed by atoms with Crippen LogP contribution in [0.2, 0.25) is 0 Å². The molecule has 1 aromatic rings. The smallest absolute Gasteiger partial charge is 0.457 e. The third kappa shape index (κ3) is 5.79. The van der Waals surface area contributed by atoms with Crippen molar-refractivity contribution in [3.05, 3.63) is 29.8 Å². The normalized spacial score (nSPS) is 11.0. The topological polar surface area (TPSA) is 35.5 Å². The van der Waals surface area contributed by atoms with Gasteiger partial charge in [-0.3, -0.25) is 0 Å². The van der Waals surface area contributed by atoms with E-state index in [4.69, 9.17) is 0 Å². The van der Waals surface area contributed by atoms with E-state index in [1.807, 2.05) is 0 Å². The Labute approximate surface area is 96.1 Å². The van der Waals surface area contributed by atoms with Gasteiger partial charge < -0.3 is 9.47 Å². The molecule has 0 bridgehead atoms. The van der Waals surface area contributed by atoms with Gasteiger partial charge in [-0.2, -0.15) is 0 Å². The molecule has 0 aromatic heterocycles. The predicted molar refractivity (Wildman–Crippen MR) is 53.1 cm³/mol. The van der Waals surface area contributed by atoms with Crippen molar-refractivity contribution in [2.75, 3.05) is 6.61 Å². The predicted octanol–water partition coefficient (Wildman–Crippen LogP) is 2.60. The first-order chi connectivity index (χ1) is 8.01. The van der Waals surface area contributed by atoms with Gasteiger partial charge in [0.2, 0.25) is 0 Å². The van der Waals surface area contributed by atoms with Gasteiger partial charge in [0.05, 0.1) is 6.61 Å². The first kappa shape index (κ1) is 13.3. The van der Waals surface area contributed by atoms with Gasteiger partial charge in [-0.05, 0) is 30.5 Å². The molecule has 17 heavy (non-hydrogen) atoms. The van der Waals surface area contributed by atoms with E-state index < -0.39 is 6.36 Å². The summed E-state index contributed by atoms with van der Waals surface area (Å²) in [7, 11) is 0. The second-order valence-corrected chi connectivity index (χ2v) is 3.23. The number of rotatable bonds is 6. The molecule has 1 rings (SSSR count). The Balaban J connectivity index is 2.51. The van der Waals surface area contributed by atoms with Gasteiger partial charge in [-0.15, -0.1) is 13.2 Å². The molecule has 0 amide bonds. The van der Waals surface area contributed by atoms with Crippen molar-refractivity contribution in [2.45, 2.75) is 19.2 Å². The van der Waals surface area contributed by atoms with Crippen LogP contribution in [0.25, 0.3) is 0 Å². The Morgan fingerprint density at radius 1 is 1.29 bits per heavy atom. The molecule has 0 atom stereocenters. The molecule has 93 valence electrons. The zero-order valence-corrected chi connectivity index (χ0v) is 8.79. The van der Waals surface area contributed by atoms with Crippen molar-refractivity contribution in [3.63, 3.8) is 0 Å². The van der Waals surface area contributed by atoms with Crippen LogP contribution < -0.4 is 4.74 Å². The van der Waals surface area contributed by atoms with Crippen LogP contribution in [0.15, 0.2) is 24.3 Å². The SMILES string of the molecule is O=[C]OCCCc1cccc(OC(F)(F)F)c1. The Bertz CT molecular complexity index is 363. The van der Waals surface area contributed by atoms with Crippen molar-refractivity contribution in [3.8, 4) is 5.75 Å². The Kier molecular flexibility index (Phi) is 4.81. The van der Waals surface area contributed by atoms with Crippen LogP contribution in [0.4, 0.5) is 13.2 Å². The van der Waals surface area contributed by atoms with Crippen LogP contribution in [-0.2, 0) is 16.0 Å². The third-order valence-electron chi connectivity index (χ3n) is 1.90. The summed E-state index contributed by atoms with van der Waals surface area (Å²) in [4.78, 5) is 9.73.